The number of hydrogen-bond acceptors (Lipinski definition) is 2. The number of hydrogen-bond donors (Lipinski definition) is 1. The lowest BCUT2D eigenvalue weighted by Gasteiger charge is -2.10. The predicted molar refractivity (Wildman–Crippen MR) is 59.0 cm³/mol. The maximum absolute atomic E-state index is 12.3. The monoisotopic (exact) mass is 264 g/mol. The summed E-state index contributed by atoms with van der Waals surface area (Å²) in [5.41, 5.74) is -0.701. The first kappa shape index (κ1) is 13.9. The van der Waals surface area contributed by atoms with Gasteiger partial charge >= 0.3 is 12.1 Å². The van der Waals surface area contributed by atoms with Gasteiger partial charge in [-0.3, -0.25) is 4.79 Å². The minimum atomic E-state index is -4.34. The van der Waals surface area contributed by atoms with Crippen molar-refractivity contribution in [1.29, 1.82) is 0 Å². The first-order valence-electron chi connectivity index (χ1n) is 4.85. The number of carboxylic acids is 1. The zero-order valence-electron chi connectivity index (χ0n) is 8.99. The Morgan fingerprint density at radius 2 is 1.88 bits per heavy atom. The van der Waals surface area contributed by atoms with Crippen molar-refractivity contribution in [3.8, 4) is 0 Å². The highest BCUT2D eigenvalue weighted by Crippen LogP contribution is 2.32. The smallest absolute Gasteiger partial charge is 0.416 e. The number of aliphatic carboxylic acids is 1. The molecule has 0 radical (unpaired) electrons. The standard InChI is InChI=1S/C11H11F3O2S/c1-7(6-10(15)16)17-9-4-2-8(3-5-9)11(12,13)14/h2-5,7H,6H2,1H3,(H,15,16). The normalized spacial score (nSPS) is 13.4. The molecule has 0 aliphatic carbocycles. The zero-order valence-corrected chi connectivity index (χ0v) is 9.81. The van der Waals surface area contributed by atoms with Crippen LogP contribution in [0.1, 0.15) is 18.9 Å². The van der Waals surface area contributed by atoms with Crippen molar-refractivity contribution in [2.45, 2.75) is 29.7 Å². The summed E-state index contributed by atoms with van der Waals surface area (Å²) >= 11 is 1.24. The van der Waals surface area contributed by atoms with Gasteiger partial charge < -0.3 is 5.11 Å². The molecule has 0 spiro atoms. The van der Waals surface area contributed by atoms with E-state index in [1.54, 1.807) is 6.92 Å². The third kappa shape index (κ3) is 4.68. The van der Waals surface area contributed by atoms with E-state index in [1.807, 2.05) is 0 Å². The Balaban J connectivity index is 2.66. The lowest BCUT2D eigenvalue weighted by atomic mass is 10.2. The Hall–Kier alpha value is -1.17. The molecule has 1 rings (SSSR count). The molecule has 1 N–H and O–H groups in total. The average molecular weight is 264 g/mol. The highest BCUT2D eigenvalue weighted by molar-refractivity contribution is 8.00. The Bertz CT molecular complexity index is 387. The molecular formula is C11H11F3O2S. The summed E-state index contributed by atoms with van der Waals surface area (Å²) in [4.78, 5) is 11.1. The number of carbonyl (C=O) groups is 1. The molecule has 0 bridgehead atoms. The summed E-state index contributed by atoms with van der Waals surface area (Å²) in [5, 5.41) is 8.37. The van der Waals surface area contributed by atoms with Crippen molar-refractivity contribution < 1.29 is 23.1 Å². The minimum Gasteiger partial charge on any atom is -0.481 e. The maximum Gasteiger partial charge on any atom is 0.416 e. The average Bonchev–Trinajstić information content (AvgIpc) is 2.15. The van der Waals surface area contributed by atoms with Gasteiger partial charge in [-0.25, -0.2) is 0 Å². The maximum atomic E-state index is 12.3. The van der Waals surface area contributed by atoms with Gasteiger partial charge in [-0.05, 0) is 24.3 Å². The Kier molecular flexibility index (Phi) is 4.45. The van der Waals surface area contributed by atoms with Crippen LogP contribution in [0.3, 0.4) is 0 Å². The third-order valence-corrected chi connectivity index (χ3v) is 3.09. The SMILES string of the molecule is CC(CC(=O)O)Sc1ccc(C(F)(F)F)cc1. The molecule has 0 heterocycles. The van der Waals surface area contributed by atoms with Crippen LogP contribution >= 0.6 is 11.8 Å². The van der Waals surface area contributed by atoms with Crippen LogP contribution < -0.4 is 0 Å². The quantitative estimate of drug-likeness (QED) is 0.843. The zero-order chi connectivity index (χ0) is 13.1. The van der Waals surface area contributed by atoms with Gasteiger partial charge in [0.2, 0.25) is 0 Å². The van der Waals surface area contributed by atoms with E-state index in [9.17, 15) is 18.0 Å². The van der Waals surface area contributed by atoms with E-state index in [1.165, 1.54) is 23.9 Å². The number of carboxylic acid groups (broad SMARTS) is 1. The van der Waals surface area contributed by atoms with Crippen molar-refractivity contribution in [3.05, 3.63) is 29.8 Å². The second kappa shape index (κ2) is 5.44. The number of halogens is 3. The lowest BCUT2D eigenvalue weighted by molar-refractivity contribution is -0.138. The van der Waals surface area contributed by atoms with Crippen molar-refractivity contribution in [2.24, 2.45) is 0 Å². The molecule has 0 fully saturated rings. The highest BCUT2D eigenvalue weighted by atomic mass is 32.2. The molecule has 0 saturated carbocycles. The molecule has 1 atom stereocenters. The molecule has 1 aromatic rings. The topological polar surface area (TPSA) is 37.3 Å². The fraction of sp³-hybridized carbons (Fsp3) is 0.364. The van der Waals surface area contributed by atoms with Gasteiger partial charge in [-0.1, -0.05) is 6.92 Å². The second-order valence-corrected chi connectivity index (χ2v) is 5.06. The molecule has 6 heteroatoms. The van der Waals surface area contributed by atoms with Crippen molar-refractivity contribution in [1.82, 2.24) is 0 Å². The molecule has 1 unspecified atom stereocenters. The largest absolute Gasteiger partial charge is 0.481 e. The van der Waals surface area contributed by atoms with Crippen molar-refractivity contribution in [3.63, 3.8) is 0 Å². The molecule has 94 valence electrons. The molecule has 2 nitrogen and oxygen atoms in total. The van der Waals surface area contributed by atoms with Gasteiger partial charge in [0.15, 0.2) is 0 Å². The van der Waals surface area contributed by atoms with Crippen LogP contribution in [0.2, 0.25) is 0 Å². The van der Waals surface area contributed by atoms with Gasteiger partial charge in [0.05, 0.1) is 12.0 Å². The van der Waals surface area contributed by atoms with E-state index in [0.717, 1.165) is 12.1 Å². The molecule has 1 aromatic carbocycles. The molecule has 0 saturated heterocycles. The van der Waals surface area contributed by atoms with E-state index in [4.69, 9.17) is 5.11 Å². The number of benzene rings is 1. The van der Waals surface area contributed by atoms with Crippen LogP contribution in [0.4, 0.5) is 13.2 Å². The molecule has 0 aliphatic rings. The van der Waals surface area contributed by atoms with Crippen molar-refractivity contribution >= 4 is 17.7 Å². The van der Waals surface area contributed by atoms with Crippen LogP contribution in [0, 0.1) is 0 Å². The van der Waals surface area contributed by atoms with Gasteiger partial charge in [0.25, 0.3) is 0 Å². The Morgan fingerprint density at radius 3 is 2.29 bits per heavy atom. The Labute approximate surface area is 101 Å². The van der Waals surface area contributed by atoms with Crippen LogP contribution in [-0.2, 0) is 11.0 Å². The van der Waals surface area contributed by atoms with Crippen LogP contribution in [0.5, 0.6) is 0 Å². The van der Waals surface area contributed by atoms with Gasteiger partial charge in [-0.15, -0.1) is 11.8 Å². The van der Waals surface area contributed by atoms with Gasteiger partial charge in [0.1, 0.15) is 0 Å². The van der Waals surface area contributed by atoms with E-state index in [0.29, 0.717) is 4.90 Å². The molecule has 17 heavy (non-hydrogen) atoms. The number of thioether (sulfide) groups is 1. The van der Waals surface area contributed by atoms with E-state index >= 15 is 0 Å². The van der Waals surface area contributed by atoms with Crippen LogP contribution in [0.25, 0.3) is 0 Å². The third-order valence-electron chi connectivity index (χ3n) is 1.98. The summed E-state index contributed by atoms with van der Waals surface area (Å²) in [6.07, 6.45) is -4.36. The molecular weight excluding hydrogens is 253 g/mol. The van der Waals surface area contributed by atoms with E-state index in [-0.39, 0.29) is 11.7 Å². The van der Waals surface area contributed by atoms with E-state index < -0.39 is 17.7 Å². The summed E-state index contributed by atoms with van der Waals surface area (Å²) < 4.78 is 36.8. The molecule has 0 amide bonds. The first-order chi connectivity index (χ1) is 7.79. The second-order valence-electron chi connectivity index (χ2n) is 3.55. The van der Waals surface area contributed by atoms with Crippen LogP contribution in [0.15, 0.2) is 29.2 Å². The van der Waals surface area contributed by atoms with Gasteiger partial charge in [-0.2, -0.15) is 13.2 Å². The number of alkyl halides is 3. The lowest BCUT2D eigenvalue weighted by Crippen LogP contribution is -2.06. The molecule has 0 aromatic heterocycles. The molecule has 0 aliphatic heterocycles. The van der Waals surface area contributed by atoms with Gasteiger partial charge in [0, 0.05) is 10.1 Å². The Morgan fingerprint density at radius 1 is 1.35 bits per heavy atom. The van der Waals surface area contributed by atoms with Crippen LogP contribution in [-0.4, -0.2) is 16.3 Å². The predicted octanol–water partition coefficient (Wildman–Crippen LogP) is 3.66. The summed E-state index contributed by atoms with van der Waals surface area (Å²) in [5.74, 6) is -0.920. The first-order valence-corrected chi connectivity index (χ1v) is 5.72. The number of rotatable bonds is 4. The van der Waals surface area contributed by atoms with E-state index in [2.05, 4.69) is 0 Å². The highest BCUT2D eigenvalue weighted by Gasteiger charge is 2.29. The minimum absolute atomic E-state index is 0.0221. The fourth-order valence-corrected chi connectivity index (χ4v) is 2.23. The summed E-state index contributed by atoms with van der Waals surface area (Å²) in [6.45, 7) is 1.72. The van der Waals surface area contributed by atoms with Crippen molar-refractivity contribution in [2.75, 3.05) is 0 Å². The summed E-state index contributed by atoms with van der Waals surface area (Å²) in [7, 11) is 0. The summed E-state index contributed by atoms with van der Waals surface area (Å²) in [6, 6.07) is 4.70. The fourth-order valence-electron chi connectivity index (χ4n) is 1.24.